The van der Waals surface area contributed by atoms with Crippen LogP contribution in [0.25, 0.3) is 0 Å². The molecule has 0 saturated carbocycles. The fourth-order valence-electron chi connectivity index (χ4n) is 2.65. The summed E-state index contributed by atoms with van der Waals surface area (Å²) < 4.78 is 42.2. The van der Waals surface area contributed by atoms with Crippen LogP contribution in [0, 0.1) is 5.92 Å². The van der Waals surface area contributed by atoms with Gasteiger partial charge in [0.25, 0.3) is 0 Å². The van der Waals surface area contributed by atoms with Crippen LogP contribution in [-0.4, -0.2) is 43.3 Å². The van der Waals surface area contributed by atoms with Crippen molar-refractivity contribution in [2.45, 2.75) is 32.0 Å². The van der Waals surface area contributed by atoms with Crippen LogP contribution in [0.15, 0.2) is 22.8 Å². The number of furan rings is 1. The zero-order valence-electron chi connectivity index (χ0n) is 11.6. The van der Waals surface area contributed by atoms with Crippen LogP contribution in [0.4, 0.5) is 13.2 Å². The van der Waals surface area contributed by atoms with Gasteiger partial charge in [0.05, 0.1) is 12.8 Å². The molecule has 2 unspecified atom stereocenters. The van der Waals surface area contributed by atoms with Gasteiger partial charge in [-0.1, -0.05) is 0 Å². The van der Waals surface area contributed by atoms with Crippen LogP contribution >= 0.6 is 0 Å². The first-order valence-electron chi connectivity index (χ1n) is 6.97. The maximum Gasteiger partial charge on any atom is 0.401 e. The minimum atomic E-state index is -4.09. The van der Waals surface area contributed by atoms with Gasteiger partial charge in [0.2, 0.25) is 0 Å². The first-order valence-corrected chi connectivity index (χ1v) is 6.97. The number of nitrogens with one attached hydrogen (secondary N) is 1. The molecule has 1 fully saturated rings. The summed E-state index contributed by atoms with van der Waals surface area (Å²) in [6, 6.07) is 4.05. The smallest absolute Gasteiger partial charge is 0.401 e. The van der Waals surface area contributed by atoms with E-state index in [1.807, 2.05) is 12.1 Å². The van der Waals surface area contributed by atoms with Gasteiger partial charge in [-0.05, 0) is 44.5 Å². The molecule has 6 heteroatoms. The van der Waals surface area contributed by atoms with Crippen LogP contribution < -0.4 is 5.32 Å². The number of hydrogen-bond acceptors (Lipinski definition) is 3. The van der Waals surface area contributed by atoms with Gasteiger partial charge in [-0.25, -0.2) is 0 Å². The van der Waals surface area contributed by atoms with E-state index >= 15 is 0 Å². The van der Waals surface area contributed by atoms with Crippen molar-refractivity contribution in [1.82, 2.24) is 10.2 Å². The van der Waals surface area contributed by atoms with Crippen molar-refractivity contribution in [3.8, 4) is 0 Å². The van der Waals surface area contributed by atoms with Gasteiger partial charge < -0.3 is 9.73 Å². The second-order valence-electron chi connectivity index (χ2n) is 5.60. The maximum atomic E-state index is 12.3. The first kappa shape index (κ1) is 15.4. The molecule has 1 N–H and O–H groups in total. The Morgan fingerprint density at radius 3 is 2.95 bits per heavy atom. The minimum Gasteiger partial charge on any atom is -0.469 e. The average molecular weight is 290 g/mol. The van der Waals surface area contributed by atoms with Gasteiger partial charge in [0, 0.05) is 19.0 Å². The third kappa shape index (κ3) is 5.17. The molecular formula is C14H21F3N2O. The lowest BCUT2D eigenvalue weighted by Gasteiger charge is -2.19. The molecular weight excluding hydrogens is 269 g/mol. The summed E-state index contributed by atoms with van der Waals surface area (Å²) in [7, 11) is 0. The van der Waals surface area contributed by atoms with E-state index < -0.39 is 12.7 Å². The predicted molar refractivity (Wildman–Crippen MR) is 70.5 cm³/mol. The Kier molecular flexibility index (Phi) is 5.10. The fraction of sp³-hybridized carbons (Fsp3) is 0.714. The van der Waals surface area contributed by atoms with Crippen LogP contribution in [0.1, 0.15) is 19.1 Å². The Morgan fingerprint density at radius 1 is 1.50 bits per heavy atom. The molecule has 3 nitrogen and oxygen atoms in total. The summed E-state index contributed by atoms with van der Waals surface area (Å²) in [6.45, 7) is 3.10. The number of halogens is 3. The molecule has 0 radical (unpaired) electrons. The fourth-order valence-corrected chi connectivity index (χ4v) is 2.65. The van der Waals surface area contributed by atoms with E-state index in [-0.39, 0.29) is 6.04 Å². The van der Waals surface area contributed by atoms with Crippen LogP contribution in [-0.2, 0) is 6.42 Å². The Bertz CT molecular complexity index is 392. The van der Waals surface area contributed by atoms with Crippen molar-refractivity contribution in [1.29, 1.82) is 0 Å². The summed E-state index contributed by atoms with van der Waals surface area (Å²) in [4.78, 5) is 1.49. The summed E-state index contributed by atoms with van der Waals surface area (Å²) in [5.41, 5.74) is 0. The number of hydrogen-bond donors (Lipinski definition) is 1. The molecule has 0 aliphatic carbocycles. The summed E-state index contributed by atoms with van der Waals surface area (Å²) in [5, 5.41) is 3.38. The normalized spacial score (nSPS) is 22.3. The Hall–Kier alpha value is -1.01. The predicted octanol–water partition coefficient (Wildman–Crippen LogP) is 2.68. The highest BCUT2D eigenvalue weighted by atomic mass is 19.4. The third-order valence-electron chi connectivity index (χ3n) is 3.62. The third-order valence-corrected chi connectivity index (χ3v) is 3.62. The van der Waals surface area contributed by atoms with E-state index in [9.17, 15) is 13.2 Å². The van der Waals surface area contributed by atoms with E-state index in [0.717, 1.165) is 25.1 Å². The monoisotopic (exact) mass is 290 g/mol. The molecule has 2 rings (SSSR count). The highest BCUT2D eigenvalue weighted by Gasteiger charge is 2.34. The first-order chi connectivity index (χ1) is 9.42. The molecule has 1 aliphatic rings. The lowest BCUT2D eigenvalue weighted by atomic mass is 10.1. The molecule has 1 aliphatic heterocycles. The largest absolute Gasteiger partial charge is 0.469 e. The van der Waals surface area contributed by atoms with Crippen LogP contribution in [0.3, 0.4) is 0 Å². The van der Waals surface area contributed by atoms with Crippen molar-refractivity contribution in [3.63, 3.8) is 0 Å². The number of nitrogens with zero attached hydrogens (tertiary/aromatic N) is 1. The Morgan fingerprint density at radius 2 is 2.30 bits per heavy atom. The zero-order valence-corrected chi connectivity index (χ0v) is 11.6. The molecule has 20 heavy (non-hydrogen) atoms. The summed E-state index contributed by atoms with van der Waals surface area (Å²) in [6.07, 6.45) is -0.814. The van der Waals surface area contributed by atoms with E-state index in [1.165, 1.54) is 4.90 Å². The average Bonchev–Trinajstić information content (AvgIpc) is 2.96. The van der Waals surface area contributed by atoms with Crippen molar-refractivity contribution in [3.05, 3.63) is 24.2 Å². The molecule has 114 valence electrons. The van der Waals surface area contributed by atoms with Crippen LogP contribution in [0.2, 0.25) is 0 Å². The molecule has 2 heterocycles. The number of rotatable bonds is 6. The van der Waals surface area contributed by atoms with Gasteiger partial charge in [-0.3, -0.25) is 4.90 Å². The lowest BCUT2D eigenvalue weighted by Crippen LogP contribution is -2.36. The van der Waals surface area contributed by atoms with Gasteiger partial charge in [-0.2, -0.15) is 13.2 Å². The second-order valence-corrected chi connectivity index (χ2v) is 5.60. The van der Waals surface area contributed by atoms with Gasteiger partial charge >= 0.3 is 6.18 Å². The standard InChI is InChI=1S/C14H21F3N2O/c1-11(7-13-3-2-6-20-13)18-8-12-4-5-19(9-12)10-14(15,16)17/h2-3,6,11-12,18H,4-5,7-10H2,1H3. The SMILES string of the molecule is CC(Cc1ccco1)NCC1CCN(CC(F)(F)F)C1. The number of alkyl halides is 3. The quantitative estimate of drug-likeness (QED) is 0.873. The van der Waals surface area contributed by atoms with Crippen molar-refractivity contribution in [2.24, 2.45) is 5.92 Å². The topological polar surface area (TPSA) is 28.4 Å². The Labute approximate surface area is 117 Å². The summed E-state index contributed by atoms with van der Waals surface area (Å²) in [5.74, 6) is 1.23. The number of likely N-dealkylation sites (tertiary alicyclic amines) is 1. The molecule has 1 saturated heterocycles. The molecule has 1 aromatic heterocycles. The van der Waals surface area contributed by atoms with E-state index in [1.54, 1.807) is 6.26 Å². The maximum absolute atomic E-state index is 12.3. The van der Waals surface area contributed by atoms with Gasteiger partial charge in [-0.15, -0.1) is 0 Å². The van der Waals surface area contributed by atoms with Crippen molar-refractivity contribution < 1.29 is 17.6 Å². The highest BCUT2D eigenvalue weighted by Crippen LogP contribution is 2.22. The second kappa shape index (κ2) is 6.63. The van der Waals surface area contributed by atoms with Gasteiger partial charge in [0.1, 0.15) is 5.76 Å². The van der Waals surface area contributed by atoms with Gasteiger partial charge in [0.15, 0.2) is 0 Å². The highest BCUT2D eigenvalue weighted by molar-refractivity contribution is 5.00. The Balaban J connectivity index is 1.65. The molecule has 1 aromatic rings. The molecule has 0 amide bonds. The summed E-state index contributed by atoms with van der Waals surface area (Å²) >= 11 is 0. The van der Waals surface area contributed by atoms with Crippen molar-refractivity contribution >= 4 is 0 Å². The van der Waals surface area contributed by atoms with E-state index in [0.29, 0.717) is 19.0 Å². The minimum absolute atomic E-state index is 0.262. The molecule has 2 atom stereocenters. The molecule has 0 spiro atoms. The van der Waals surface area contributed by atoms with E-state index in [4.69, 9.17) is 4.42 Å². The molecule has 0 aromatic carbocycles. The van der Waals surface area contributed by atoms with Crippen molar-refractivity contribution in [2.75, 3.05) is 26.2 Å². The zero-order chi connectivity index (χ0) is 14.6. The molecule has 0 bridgehead atoms. The van der Waals surface area contributed by atoms with Crippen LogP contribution in [0.5, 0.6) is 0 Å². The lowest BCUT2D eigenvalue weighted by molar-refractivity contribution is -0.143. The van der Waals surface area contributed by atoms with E-state index in [2.05, 4.69) is 12.2 Å².